The van der Waals surface area contributed by atoms with Gasteiger partial charge in [0.25, 0.3) is 0 Å². The van der Waals surface area contributed by atoms with Crippen molar-refractivity contribution in [3.8, 4) is 0 Å². The van der Waals surface area contributed by atoms with E-state index in [1.807, 2.05) is 57.5 Å². The molecule has 2 amide bonds. The van der Waals surface area contributed by atoms with Crippen molar-refractivity contribution in [3.63, 3.8) is 0 Å². The summed E-state index contributed by atoms with van der Waals surface area (Å²) in [5.74, 6) is 0.316. The number of anilines is 2. The number of benzene rings is 1. The van der Waals surface area contributed by atoms with E-state index in [2.05, 4.69) is 39.5 Å². The van der Waals surface area contributed by atoms with Crippen molar-refractivity contribution in [2.24, 2.45) is 11.3 Å². The number of likely N-dealkylation sites (tertiary alicyclic amines) is 1. The largest absolute Gasteiger partial charge is 0.465 e. The van der Waals surface area contributed by atoms with E-state index in [9.17, 15) is 14.7 Å². The monoisotopic (exact) mass is 539 g/mol. The molecular weight excluding hydrogens is 502 g/mol. The van der Waals surface area contributed by atoms with Gasteiger partial charge in [-0.2, -0.15) is 14.6 Å². The first-order valence-corrected chi connectivity index (χ1v) is 14.1. The van der Waals surface area contributed by atoms with E-state index in [1.165, 1.54) is 16.7 Å². The minimum atomic E-state index is -0.975. The molecule has 2 aromatic heterocycles. The minimum Gasteiger partial charge on any atom is -0.465 e. The average molecular weight is 540 g/mol. The molecular formula is C27H37N7O3S. The third-order valence-electron chi connectivity index (χ3n) is 6.93. The number of amides is 2. The maximum Gasteiger partial charge on any atom is 0.407 e. The van der Waals surface area contributed by atoms with Crippen LogP contribution in [0.4, 0.5) is 16.4 Å². The Labute approximate surface area is 227 Å². The molecule has 38 heavy (non-hydrogen) atoms. The smallest absolute Gasteiger partial charge is 0.407 e. The zero-order valence-electron chi connectivity index (χ0n) is 22.9. The summed E-state index contributed by atoms with van der Waals surface area (Å²) in [5, 5.41) is 21.3. The van der Waals surface area contributed by atoms with Crippen molar-refractivity contribution in [1.29, 1.82) is 0 Å². The number of hydrogen-bond acceptors (Lipinski definition) is 7. The first-order valence-electron chi connectivity index (χ1n) is 12.9. The molecule has 3 heterocycles. The fraction of sp³-hybridized carbons (Fsp3) is 0.519. The summed E-state index contributed by atoms with van der Waals surface area (Å²) in [4.78, 5) is 36.0. The van der Waals surface area contributed by atoms with Crippen LogP contribution in [0.25, 0.3) is 5.65 Å². The topological polar surface area (TPSA) is 125 Å². The van der Waals surface area contributed by atoms with E-state index in [0.29, 0.717) is 42.7 Å². The number of fused-ring (bicyclic) bond motifs is 1. The second-order valence-corrected chi connectivity index (χ2v) is 11.9. The van der Waals surface area contributed by atoms with Crippen LogP contribution in [0.5, 0.6) is 0 Å². The number of piperidine rings is 1. The summed E-state index contributed by atoms with van der Waals surface area (Å²) in [6, 6.07) is 7.25. The maximum atomic E-state index is 13.4. The lowest BCUT2D eigenvalue weighted by atomic mass is 9.73. The predicted molar refractivity (Wildman–Crippen MR) is 150 cm³/mol. The molecule has 1 saturated heterocycles. The molecule has 11 heteroatoms. The Morgan fingerprint density at radius 3 is 2.66 bits per heavy atom. The van der Waals surface area contributed by atoms with Gasteiger partial charge in [-0.1, -0.05) is 58.5 Å². The second-order valence-electron chi connectivity index (χ2n) is 11.1. The number of rotatable bonds is 7. The van der Waals surface area contributed by atoms with E-state index in [0.717, 1.165) is 16.8 Å². The van der Waals surface area contributed by atoms with E-state index in [4.69, 9.17) is 0 Å². The summed E-state index contributed by atoms with van der Waals surface area (Å²) in [6.45, 7) is 11.1. The minimum absolute atomic E-state index is 0.152. The Morgan fingerprint density at radius 2 is 2.00 bits per heavy atom. The van der Waals surface area contributed by atoms with Crippen LogP contribution in [0.15, 0.2) is 35.6 Å². The standard InChI is InChI=1S/C27H37N7O3S/c1-16(2)20-15-29-34-22(20)31-25(38-6)32-24(34)28-14-17-9-7-10-18(13-17)30-23(35)19-11-8-12-33(26(36)37)21(19)27(3,4)5/h7,9-10,13,15-16,19,21H,8,11-12,14H2,1-6H3,(H,30,35)(H,36,37)(H,28,31,32). The van der Waals surface area contributed by atoms with Gasteiger partial charge in [-0.15, -0.1) is 0 Å². The normalized spacial score (nSPS) is 18.1. The van der Waals surface area contributed by atoms with Gasteiger partial charge in [-0.25, -0.2) is 9.78 Å². The molecule has 3 N–H and O–H groups in total. The lowest BCUT2D eigenvalue weighted by Gasteiger charge is -2.46. The molecule has 1 aliphatic rings. The van der Waals surface area contributed by atoms with Crippen LogP contribution < -0.4 is 10.6 Å². The van der Waals surface area contributed by atoms with Crippen LogP contribution >= 0.6 is 11.8 Å². The fourth-order valence-electron chi connectivity index (χ4n) is 5.22. The van der Waals surface area contributed by atoms with Gasteiger partial charge in [0.05, 0.1) is 18.2 Å². The summed E-state index contributed by atoms with van der Waals surface area (Å²) in [7, 11) is 0. The van der Waals surface area contributed by atoms with E-state index in [1.54, 1.807) is 4.52 Å². The number of nitrogens with one attached hydrogen (secondary N) is 2. The number of aromatic nitrogens is 4. The van der Waals surface area contributed by atoms with E-state index >= 15 is 0 Å². The predicted octanol–water partition coefficient (Wildman–Crippen LogP) is 5.32. The molecule has 204 valence electrons. The van der Waals surface area contributed by atoms with Crippen LogP contribution in [0.3, 0.4) is 0 Å². The van der Waals surface area contributed by atoms with Crippen LogP contribution in [0.1, 0.15) is 64.5 Å². The first-order chi connectivity index (χ1) is 18.0. The van der Waals surface area contributed by atoms with E-state index < -0.39 is 18.1 Å². The SMILES string of the molecule is CSc1nc(NCc2cccc(NC(=O)C3CCCN(C(=O)O)C3C(C)(C)C)c2)n2ncc(C(C)C)c2n1. The Kier molecular flexibility index (Phi) is 8.15. The van der Waals surface area contributed by atoms with Gasteiger partial charge >= 0.3 is 6.09 Å². The lowest BCUT2D eigenvalue weighted by Crippen LogP contribution is -2.56. The summed E-state index contributed by atoms with van der Waals surface area (Å²) in [6.07, 6.45) is 4.12. The molecule has 2 unspecified atom stereocenters. The van der Waals surface area contributed by atoms with E-state index in [-0.39, 0.29) is 17.2 Å². The number of carbonyl (C=O) groups is 2. The molecule has 0 saturated carbocycles. The van der Waals surface area contributed by atoms with Crippen molar-refractivity contribution in [2.45, 2.75) is 71.1 Å². The van der Waals surface area contributed by atoms with Crippen molar-refractivity contribution >= 4 is 41.0 Å². The quantitative estimate of drug-likeness (QED) is 0.344. The molecule has 0 aliphatic carbocycles. The number of carboxylic acid groups (broad SMARTS) is 1. The highest BCUT2D eigenvalue weighted by atomic mass is 32.2. The molecule has 0 radical (unpaired) electrons. The Morgan fingerprint density at radius 1 is 1.24 bits per heavy atom. The number of carbonyl (C=O) groups excluding carboxylic acids is 1. The Bertz CT molecular complexity index is 1320. The van der Waals surface area contributed by atoms with Crippen LogP contribution in [-0.4, -0.2) is 60.4 Å². The molecule has 4 rings (SSSR count). The highest BCUT2D eigenvalue weighted by Crippen LogP contribution is 2.37. The van der Waals surface area contributed by atoms with Gasteiger partial charge < -0.3 is 20.6 Å². The summed E-state index contributed by atoms with van der Waals surface area (Å²) >= 11 is 1.48. The van der Waals surface area contributed by atoms with Gasteiger partial charge in [0.1, 0.15) is 0 Å². The number of thioether (sulfide) groups is 1. The first kappa shape index (κ1) is 27.7. The molecule has 2 atom stereocenters. The third kappa shape index (κ3) is 5.87. The molecule has 0 spiro atoms. The van der Waals surface area contributed by atoms with Crippen molar-refractivity contribution in [2.75, 3.05) is 23.4 Å². The molecule has 1 aromatic carbocycles. The van der Waals surface area contributed by atoms with Gasteiger partial charge in [0.2, 0.25) is 11.9 Å². The summed E-state index contributed by atoms with van der Waals surface area (Å²) < 4.78 is 1.73. The molecule has 0 bridgehead atoms. The lowest BCUT2D eigenvalue weighted by molar-refractivity contribution is -0.125. The van der Waals surface area contributed by atoms with Gasteiger partial charge in [-0.3, -0.25) is 4.79 Å². The zero-order valence-corrected chi connectivity index (χ0v) is 23.7. The molecule has 1 aliphatic heterocycles. The maximum absolute atomic E-state index is 13.4. The van der Waals surface area contributed by atoms with Crippen molar-refractivity contribution < 1.29 is 14.7 Å². The van der Waals surface area contributed by atoms with Crippen LogP contribution in [-0.2, 0) is 11.3 Å². The van der Waals surface area contributed by atoms with Crippen molar-refractivity contribution in [1.82, 2.24) is 24.5 Å². The average Bonchev–Trinajstić information content (AvgIpc) is 3.31. The molecule has 1 fully saturated rings. The fourth-order valence-corrected chi connectivity index (χ4v) is 5.57. The zero-order chi connectivity index (χ0) is 27.6. The highest BCUT2D eigenvalue weighted by molar-refractivity contribution is 7.98. The Balaban J connectivity index is 1.51. The molecule has 10 nitrogen and oxygen atoms in total. The summed E-state index contributed by atoms with van der Waals surface area (Å²) in [5.41, 5.74) is 3.12. The third-order valence-corrected chi connectivity index (χ3v) is 7.47. The molecule has 3 aromatic rings. The van der Waals surface area contributed by atoms with Gasteiger partial charge in [-0.05, 0) is 48.1 Å². The second kappa shape index (κ2) is 11.2. The number of nitrogens with zero attached hydrogens (tertiary/aromatic N) is 5. The highest BCUT2D eigenvalue weighted by Gasteiger charge is 2.44. The van der Waals surface area contributed by atoms with Crippen LogP contribution in [0.2, 0.25) is 0 Å². The van der Waals surface area contributed by atoms with Gasteiger partial charge in [0, 0.05) is 24.3 Å². The number of hydrogen-bond donors (Lipinski definition) is 3. The van der Waals surface area contributed by atoms with Crippen molar-refractivity contribution in [3.05, 3.63) is 41.6 Å². The van der Waals surface area contributed by atoms with Crippen LogP contribution in [0, 0.1) is 11.3 Å². The Hall–Kier alpha value is -3.34. The van der Waals surface area contributed by atoms with Gasteiger partial charge in [0.15, 0.2) is 10.8 Å².